The summed E-state index contributed by atoms with van der Waals surface area (Å²) in [5.74, 6) is 0.108. The van der Waals surface area contributed by atoms with E-state index in [4.69, 9.17) is 4.74 Å². The van der Waals surface area contributed by atoms with Crippen molar-refractivity contribution in [3.63, 3.8) is 0 Å². The van der Waals surface area contributed by atoms with E-state index in [0.717, 1.165) is 10.5 Å². The molecule has 1 saturated heterocycles. The fourth-order valence-corrected chi connectivity index (χ4v) is 4.15. The fraction of sp³-hybridized carbons (Fsp3) is 0.100. The van der Waals surface area contributed by atoms with Gasteiger partial charge in [0.2, 0.25) is 0 Å². The molecule has 10 heteroatoms. The van der Waals surface area contributed by atoms with Crippen LogP contribution in [0.3, 0.4) is 0 Å². The predicted octanol–water partition coefficient (Wildman–Crippen LogP) is 4.78. The lowest BCUT2D eigenvalue weighted by atomic mass is 10.1. The maximum absolute atomic E-state index is 12.3. The number of benzene rings is 2. The number of non-ortho nitro benzene ring substituents is 1. The van der Waals surface area contributed by atoms with Gasteiger partial charge in [-0.1, -0.05) is 6.08 Å². The summed E-state index contributed by atoms with van der Waals surface area (Å²) >= 11 is 6.89. The van der Waals surface area contributed by atoms with Gasteiger partial charge in [-0.3, -0.25) is 19.8 Å². The summed E-state index contributed by atoms with van der Waals surface area (Å²) in [6.45, 7) is 3.88. The fourth-order valence-electron chi connectivity index (χ4n) is 2.70. The monoisotopic (exact) mass is 535 g/mol. The first kappa shape index (κ1) is 21.7. The van der Waals surface area contributed by atoms with Crippen molar-refractivity contribution in [2.75, 3.05) is 6.54 Å². The van der Waals surface area contributed by atoms with Gasteiger partial charge in [0.15, 0.2) is 0 Å². The molecule has 0 atom stereocenters. The Labute approximate surface area is 188 Å². The van der Waals surface area contributed by atoms with Gasteiger partial charge in [-0.2, -0.15) is 0 Å². The highest BCUT2D eigenvalue weighted by atomic mass is 79.9. The van der Waals surface area contributed by atoms with E-state index in [9.17, 15) is 19.7 Å². The molecule has 0 unspecified atom stereocenters. The molecule has 0 bridgehead atoms. The van der Waals surface area contributed by atoms with Crippen LogP contribution in [0.2, 0.25) is 0 Å². The van der Waals surface area contributed by atoms with Gasteiger partial charge in [0.05, 0.1) is 13.9 Å². The third kappa shape index (κ3) is 4.77. The maximum Gasteiger partial charge on any atom is 0.329 e. The molecule has 0 spiro atoms. The first-order valence-corrected chi connectivity index (χ1v) is 10.2. The normalized spacial score (nSPS) is 14.7. The van der Waals surface area contributed by atoms with Gasteiger partial charge in [0.25, 0.3) is 11.6 Å². The lowest BCUT2D eigenvalue weighted by molar-refractivity contribution is -0.384. The van der Waals surface area contributed by atoms with Crippen molar-refractivity contribution in [3.8, 4) is 5.75 Å². The van der Waals surface area contributed by atoms with Crippen LogP contribution in [-0.4, -0.2) is 28.3 Å². The molecule has 1 fully saturated rings. The van der Waals surface area contributed by atoms with E-state index in [1.807, 2.05) is 0 Å². The van der Waals surface area contributed by atoms with Crippen LogP contribution in [0.5, 0.6) is 5.75 Å². The van der Waals surface area contributed by atoms with Gasteiger partial charge in [-0.05, 0) is 73.3 Å². The molecule has 1 heterocycles. The minimum absolute atomic E-state index is 0.0127. The SMILES string of the molecule is C=CCN1C(=O)N/C(=C/c2cc(Br)c(OCc3ccc([N+](=O)[O-])cc3)c(Br)c2)C1=O. The second-order valence-corrected chi connectivity index (χ2v) is 7.93. The molecule has 154 valence electrons. The molecule has 0 aromatic heterocycles. The maximum atomic E-state index is 12.3. The molecule has 30 heavy (non-hydrogen) atoms. The highest BCUT2D eigenvalue weighted by Gasteiger charge is 2.32. The second kappa shape index (κ2) is 9.23. The Morgan fingerprint density at radius 1 is 1.17 bits per heavy atom. The van der Waals surface area contributed by atoms with E-state index in [0.29, 0.717) is 20.3 Å². The quantitative estimate of drug-likeness (QED) is 0.180. The third-order valence-electron chi connectivity index (χ3n) is 4.14. The third-order valence-corrected chi connectivity index (χ3v) is 5.31. The molecule has 0 radical (unpaired) electrons. The molecule has 1 aliphatic rings. The lowest BCUT2D eigenvalue weighted by Crippen LogP contribution is -2.30. The number of urea groups is 1. The number of nitrogens with one attached hydrogen (secondary N) is 1. The molecule has 3 amide bonds. The average molecular weight is 537 g/mol. The average Bonchev–Trinajstić information content (AvgIpc) is 2.95. The van der Waals surface area contributed by atoms with Crippen LogP contribution in [-0.2, 0) is 11.4 Å². The van der Waals surface area contributed by atoms with Gasteiger partial charge in [-0.25, -0.2) is 4.79 Å². The molecule has 3 rings (SSSR count). The number of nitro groups is 1. The minimum atomic E-state index is -0.493. The van der Waals surface area contributed by atoms with Crippen molar-refractivity contribution in [1.82, 2.24) is 10.2 Å². The summed E-state index contributed by atoms with van der Waals surface area (Å²) in [6, 6.07) is 9.09. The zero-order chi connectivity index (χ0) is 21.8. The molecule has 2 aromatic rings. The van der Waals surface area contributed by atoms with Crippen molar-refractivity contribution in [3.05, 3.63) is 84.9 Å². The van der Waals surface area contributed by atoms with E-state index in [1.165, 1.54) is 18.2 Å². The van der Waals surface area contributed by atoms with Gasteiger partial charge in [-0.15, -0.1) is 6.58 Å². The van der Waals surface area contributed by atoms with E-state index >= 15 is 0 Å². The van der Waals surface area contributed by atoms with Gasteiger partial charge in [0, 0.05) is 18.7 Å². The van der Waals surface area contributed by atoms with E-state index in [-0.39, 0.29) is 24.5 Å². The number of ether oxygens (including phenoxy) is 1. The first-order valence-electron chi connectivity index (χ1n) is 8.60. The van der Waals surface area contributed by atoms with Crippen LogP contribution in [0.25, 0.3) is 6.08 Å². The number of carbonyl (C=O) groups is 2. The zero-order valence-corrected chi connectivity index (χ0v) is 18.6. The summed E-state index contributed by atoms with van der Waals surface area (Å²) in [6.07, 6.45) is 3.05. The number of rotatable bonds is 7. The summed E-state index contributed by atoms with van der Waals surface area (Å²) in [5, 5.41) is 13.3. The second-order valence-electron chi connectivity index (χ2n) is 6.22. The van der Waals surface area contributed by atoms with Crippen molar-refractivity contribution >= 4 is 55.6 Å². The molecule has 8 nitrogen and oxygen atoms in total. The molecule has 1 aliphatic heterocycles. The van der Waals surface area contributed by atoms with Gasteiger partial charge >= 0.3 is 6.03 Å². The smallest absolute Gasteiger partial charge is 0.329 e. The van der Waals surface area contributed by atoms with E-state index < -0.39 is 16.9 Å². The molecule has 1 N–H and O–H groups in total. The Morgan fingerprint density at radius 3 is 2.37 bits per heavy atom. The Kier molecular flexibility index (Phi) is 6.68. The van der Waals surface area contributed by atoms with Gasteiger partial charge in [0.1, 0.15) is 18.1 Å². The number of nitro benzene ring substituents is 1. The Balaban J connectivity index is 1.75. The molecule has 0 saturated carbocycles. The van der Waals surface area contributed by atoms with Gasteiger partial charge < -0.3 is 10.1 Å². The number of halogens is 2. The minimum Gasteiger partial charge on any atom is -0.487 e. The summed E-state index contributed by atoms with van der Waals surface area (Å²) in [4.78, 5) is 35.5. The van der Waals surface area contributed by atoms with Crippen LogP contribution >= 0.6 is 31.9 Å². The largest absolute Gasteiger partial charge is 0.487 e. The molecular formula is C20H15Br2N3O5. The molecule has 2 aromatic carbocycles. The highest BCUT2D eigenvalue weighted by molar-refractivity contribution is 9.11. The van der Waals surface area contributed by atoms with Crippen molar-refractivity contribution in [1.29, 1.82) is 0 Å². The predicted molar refractivity (Wildman–Crippen MR) is 118 cm³/mol. The number of carbonyl (C=O) groups excluding carboxylic acids is 2. The summed E-state index contributed by atoms with van der Waals surface area (Å²) in [5.41, 5.74) is 1.62. The van der Waals surface area contributed by atoms with E-state index in [2.05, 4.69) is 43.8 Å². The lowest BCUT2D eigenvalue weighted by Gasteiger charge is -2.12. The number of hydrogen-bond donors (Lipinski definition) is 1. The van der Waals surface area contributed by atoms with Crippen molar-refractivity contribution in [2.24, 2.45) is 0 Å². The Bertz CT molecular complexity index is 1040. The summed E-state index contributed by atoms with van der Waals surface area (Å²) < 4.78 is 7.09. The number of nitrogens with zero attached hydrogens (tertiary/aromatic N) is 2. The van der Waals surface area contributed by atoms with Crippen LogP contribution in [0.4, 0.5) is 10.5 Å². The van der Waals surface area contributed by atoms with Crippen molar-refractivity contribution in [2.45, 2.75) is 6.61 Å². The van der Waals surface area contributed by atoms with Crippen LogP contribution in [0, 0.1) is 10.1 Å². The van der Waals surface area contributed by atoms with E-state index in [1.54, 1.807) is 30.3 Å². The van der Waals surface area contributed by atoms with Crippen molar-refractivity contribution < 1.29 is 19.2 Å². The highest BCUT2D eigenvalue weighted by Crippen LogP contribution is 2.36. The Morgan fingerprint density at radius 2 is 1.80 bits per heavy atom. The zero-order valence-electron chi connectivity index (χ0n) is 15.4. The van der Waals surface area contributed by atoms with Crippen LogP contribution in [0.1, 0.15) is 11.1 Å². The number of imide groups is 1. The summed E-state index contributed by atoms with van der Waals surface area (Å²) in [7, 11) is 0. The molecule has 0 aliphatic carbocycles. The topological polar surface area (TPSA) is 102 Å². The standard InChI is InChI=1S/C20H15Br2N3O5/c1-2-7-24-19(26)17(23-20(24)27)10-13-8-15(21)18(16(22)9-13)30-11-12-3-5-14(6-4-12)25(28)29/h2-6,8-10H,1,7,11H2,(H,23,27)/b17-10+. The number of hydrogen-bond acceptors (Lipinski definition) is 5. The molecular weight excluding hydrogens is 522 g/mol. The van der Waals surface area contributed by atoms with Crippen LogP contribution < -0.4 is 10.1 Å². The number of amides is 3. The Hall–Kier alpha value is -2.98. The van der Waals surface area contributed by atoms with Crippen LogP contribution in [0.15, 0.2) is 63.7 Å². The first-order chi connectivity index (χ1) is 14.3.